The van der Waals surface area contributed by atoms with Crippen molar-refractivity contribution < 1.29 is 14.0 Å². The van der Waals surface area contributed by atoms with Crippen LogP contribution in [0.1, 0.15) is 54.2 Å². The molecule has 0 saturated heterocycles. The number of aromatic nitrogens is 2. The van der Waals surface area contributed by atoms with Gasteiger partial charge in [-0.25, -0.2) is 4.68 Å². The van der Waals surface area contributed by atoms with Gasteiger partial charge in [0.1, 0.15) is 18.1 Å². The van der Waals surface area contributed by atoms with Crippen LogP contribution in [0.3, 0.4) is 0 Å². The Morgan fingerprint density at radius 1 is 1.19 bits per heavy atom. The Balaban J connectivity index is 1.66. The highest BCUT2D eigenvalue weighted by atomic mass is 32.2. The maximum atomic E-state index is 13.7. The molecule has 5 rings (SSSR count). The van der Waals surface area contributed by atoms with Gasteiger partial charge in [-0.3, -0.25) is 14.5 Å². The van der Waals surface area contributed by atoms with Crippen LogP contribution in [0.15, 0.2) is 63.9 Å². The van der Waals surface area contributed by atoms with Crippen LogP contribution >= 0.6 is 23.1 Å². The summed E-state index contributed by atoms with van der Waals surface area (Å²) in [4.78, 5) is 28.4. The van der Waals surface area contributed by atoms with Gasteiger partial charge >= 0.3 is 0 Å². The van der Waals surface area contributed by atoms with Crippen LogP contribution in [-0.4, -0.2) is 33.9 Å². The Labute approximate surface area is 224 Å². The minimum absolute atomic E-state index is 0.0756. The number of carbonyl (C=O) groups excluding carboxylic acids is 2. The number of nitrogens with zero attached hydrogens (tertiary/aromatic N) is 3. The SMILES string of the molecule is Cc1ccccc1-n1nc(C(C)(C)C)c2c1N(CC(=O)NCc1ccco1)C(=O)CS[C@H]2c1ccsc1. The number of anilines is 1. The Morgan fingerprint density at radius 3 is 2.68 bits per heavy atom. The maximum absolute atomic E-state index is 13.7. The normalized spacial score (nSPS) is 15.9. The molecular formula is C28H30N4O3S2. The smallest absolute Gasteiger partial charge is 0.240 e. The fraction of sp³-hybridized carbons (Fsp3) is 0.321. The second-order valence-corrected chi connectivity index (χ2v) is 12.0. The van der Waals surface area contributed by atoms with Crippen LogP contribution in [0.5, 0.6) is 0 Å². The molecule has 37 heavy (non-hydrogen) atoms. The number of carbonyl (C=O) groups is 2. The summed E-state index contributed by atoms with van der Waals surface area (Å²) in [6, 6.07) is 13.7. The highest BCUT2D eigenvalue weighted by Gasteiger charge is 2.40. The van der Waals surface area contributed by atoms with Crippen molar-refractivity contribution in [3.63, 3.8) is 0 Å². The molecule has 0 saturated carbocycles. The molecule has 7 nitrogen and oxygen atoms in total. The minimum Gasteiger partial charge on any atom is -0.467 e. The van der Waals surface area contributed by atoms with E-state index in [0.717, 1.165) is 28.1 Å². The molecule has 0 aliphatic carbocycles. The molecule has 1 aliphatic rings. The lowest BCUT2D eigenvalue weighted by atomic mass is 9.87. The fourth-order valence-electron chi connectivity index (χ4n) is 4.53. The fourth-order valence-corrected chi connectivity index (χ4v) is 6.49. The third-order valence-electron chi connectivity index (χ3n) is 6.33. The molecule has 0 bridgehead atoms. The van der Waals surface area contributed by atoms with E-state index in [1.54, 1.807) is 46.4 Å². The molecule has 9 heteroatoms. The van der Waals surface area contributed by atoms with Crippen molar-refractivity contribution in [3.8, 4) is 5.69 Å². The molecule has 192 valence electrons. The average Bonchev–Trinajstić information content (AvgIpc) is 3.62. The van der Waals surface area contributed by atoms with E-state index in [9.17, 15) is 9.59 Å². The van der Waals surface area contributed by atoms with E-state index in [-0.39, 0.29) is 41.3 Å². The van der Waals surface area contributed by atoms with Gasteiger partial charge in [0.05, 0.1) is 35.2 Å². The lowest BCUT2D eigenvalue weighted by Gasteiger charge is -2.24. The summed E-state index contributed by atoms with van der Waals surface area (Å²) in [5.74, 6) is 1.21. The Hall–Kier alpha value is -3.30. The van der Waals surface area contributed by atoms with Gasteiger partial charge in [-0.15, -0.1) is 11.8 Å². The summed E-state index contributed by atoms with van der Waals surface area (Å²) in [6.07, 6.45) is 1.57. The molecule has 1 aliphatic heterocycles. The Morgan fingerprint density at radius 2 is 2.00 bits per heavy atom. The minimum atomic E-state index is -0.284. The van der Waals surface area contributed by atoms with E-state index in [2.05, 4.69) is 42.9 Å². The number of benzene rings is 1. The van der Waals surface area contributed by atoms with Crippen molar-refractivity contribution in [2.75, 3.05) is 17.2 Å². The van der Waals surface area contributed by atoms with Crippen LogP contribution in [0.2, 0.25) is 0 Å². The first-order chi connectivity index (χ1) is 17.7. The molecule has 1 aromatic carbocycles. The molecule has 0 radical (unpaired) electrons. The number of para-hydroxylation sites is 1. The Bertz CT molecular complexity index is 1400. The largest absolute Gasteiger partial charge is 0.467 e. The molecular weight excluding hydrogens is 504 g/mol. The van der Waals surface area contributed by atoms with Crippen LogP contribution in [0.25, 0.3) is 5.69 Å². The third-order valence-corrected chi connectivity index (χ3v) is 8.29. The number of thiophene rings is 1. The zero-order valence-corrected chi connectivity index (χ0v) is 23.0. The van der Waals surface area contributed by atoms with E-state index in [1.807, 2.05) is 35.9 Å². The van der Waals surface area contributed by atoms with Crippen LogP contribution in [0, 0.1) is 6.92 Å². The lowest BCUT2D eigenvalue weighted by molar-refractivity contribution is -0.123. The van der Waals surface area contributed by atoms with Gasteiger partial charge in [0.15, 0.2) is 0 Å². The zero-order chi connectivity index (χ0) is 26.2. The first-order valence-electron chi connectivity index (χ1n) is 12.2. The van der Waals surface area contributed by atoms with Gasteiger partial charge in [-0.2, -0.15) is 16.4 Å². The first kappa shape index (κ1) is 25.4. The highest BCUT2D eigenvalue weighted by molar-refractivity contribution is 8.00. The summed E-state index contributed by atoms with van der Waals surface area (Å²) in [5.41, 5.74) is 4.69. The number of furan rings is 1. The number of fused-ring (bicyclic) bond motifs is 1. The number of amides is 2. The summed E-state index contributed by atoms with van der Waals surface area (Å²) in [5, 5.41) is 12.1. The number of thioether (sulfide) groups is 1. The number of aryl methyl sites for hydroxylation is 1. The van der Waals surface area contributed by atoms with Crippen LogP contribution in [0.4, 0.5) is 5.82 Å². The van der Waals surface area contributed by atoms with Gasteiger partial charge in [0.25, 0.3) is 0 Å². The van der Waals surface area contributed by atoms with E-state index in [4.69, 9.17) is 9.52 Å². The van der Waals surface area contributed by atoms with Gasteiger partial charge in [0.2, 0.25) is 11.8 Å². The van der Waals surface area contributed by atoms with Crippen LogP contribution in [-0.2, 0) is 21.5 Å². The van der Waals surface area contributed by atoms with E-state index in [0.29, 0.717) is 11.6 Å². The molecule has 0 spiro atoms. The van der Waals surface area contributed by atoms with Gasteiger partial charge in [0, 0.05) is 11.0 Å². The monoisotopic (exact) mass is 534 g/mol. The second kappa shape index (κ2) is 10.2. The number of hydrogen-bond donors (Lipinski definition) is 1. The van der Waals surface area contributed by atoms with Crippen molar-refractivity contribution in [2.45, 2.75) is 44.9 Å². The number of rotatable bonds is 6. The third kappa shape index (κ3) is 5.10. The zero-order valence-electron chi connectivity index (χ0n) is 21.4. The summed E-state index contributed by atoms with van der Waals surface area (Å²) < 4.78 is 7.22. The van der Waals surface area contributed by atoms with E-state index in [1.165, 1.54) is 0 Å². The molecule has 2 amide bonds. The van der Waals surface area contributed by atoms with Crippen molar-refractivity contribution in [2.24, 2.45) is 0 Å². The topological polar surface area (TPSA) is 80.4 Å². The van der Waals surface area contributed by atoms with Crippen molar-refractivity contribution in [1.29, 1.82) is 0 Å². The average molecular weight is 535 g/mol. The maximum Gasteiger partial charge on any atom is 0.240 e. The molecule has 4 aromatic rings. The van der Waals surface area contributed by atoms with E-state index < -0.39 is 0 Å². The van der Waals surface area contributed by atoms with Gasteiger partial charge in [-0.05, 0) is 53.1 Å². The molecule has 0 fully saturated rings. The predicted molar refractivity (Wildman–Crippen MR) is 149 cm³/mol. The summed E-state index contributed by atoms with van der Waals surface area (Å²) in [7, 11) is 0. The van der Waals surface area contributed by atoms with Crippen molar-refractivity contribution in [3.05, 3.63) is 87.6 Å². The van der Waals surface area contributed by atoms with Crippen LogP contribution < -0.4 is 10.2 Å². The van der Waals surface area contributed by atoms with E-state index >= 15 is 0 Å². The van der Waals surface area contributed by atoms with Crippen molar-refractivity contribution in [1.82, 2.24) is 15.1 Å². The second-order valence-electron chi connectivity index (χ2n) is 10.1. The molecule has 0 unspecified atom stereocenters. The quantitative estimate of drug-likeness (QED) is 0.347. The highest BCUT2D eigenvalue weighted by Crippen LogP contribution is 2.48. The molecule has 1 atom stereocenters. The van der Waals surface area contributed by atoms with Crippen molar-refractivity contribution >= 4 is 40.7 Å². The molecule has 1 N–H and O–H groups in total. The van der Waals surface area contributed by atoms with Gasteiger partial charge < -0.3 is 9.73 Å². The molecule has 3 aromatic heterocycles. The Kier molecular flexibility index (Phi) is 7.00. The predicted octanol–water partition coefficient (Wildman–Crippen LogP) is 5.62. The summed E-state index contributed by atoms with van der Waals surface area (Å²) in [6.45, 7) is 8.60. The standard InChI is InChI=1S/C28H30N4O3S2/c1-18-8-5-6-10-21(18)32-27-24(26(30-32)28(2,3)4)25(19-11-13-36-16-19)37-17-23(34)31(27)15-22(33)29-14-20-9-7-12-35-20/h5-13,16,25H,14-15,17H2,1-4H3,(H,29,33)/t25-/m0/s1. The number of nitrogens with one attached hydrogen (secondary N) is 1. The molecule has 4 heterocycles. The summed E-state index contributed by atoms with van der Waals surface area (Å²) >= 11 is 3.23. The lowest BCUT2D eigenvalue weighted by Crippen LogP contribution is -2.42. The van der Waals surface area contributed by atoms with Gasteiger partial charge in [-0.1, -0.05) is 39.0 Å². The number of hydrogen-bond acceptors (Lipinski definition) is 6. The first-order valence-corrected chi connectivity index (χ1v) is 14.2.